The van der Waals surface area contributed by atoms with E-state index in [0.29, 0.717) is 17.8 Å². The third kappa shape index (κ3) is 3.78. The largest absolute Gasteiger partial charge is 0.378 e. The van der Waals surface area contributed by atoms with E-state index in [1.54, 1.807) is 25.4 Å². The Kier molecular flexibility index (Phi) is 4.17. The molecule has 0 unspecified atom stereocenters. The highest BCUT2D eigenvalue weighted by Crippen LogP contribution is 2.20. The quantitative estimate of drug-likeness (QED) is 0.612. The zero-order valence-electron chi connectivity index (χ0n) is 11.4. The van der Waals surface area contributed by atoms with Crippen molar-refractivity contribution in [1.29, 1.82) is 0 Å². The highest BCUT2D eigenvalue weighted by molar-refractivity contribution is 5.73. The summed E-state index contributed by atoms with van der Waals surface area (Å²) in [7, 11) is 0. The number of carbonyl (C=O) groups excluding carboxylic acids is 1. The van der Waals surface area contributed by atoms with Gasteiger partial charge in [0.1, 0.15) is 6.54 Å². The topological polar surface area (TPSA) is 116 Å². The number of anilines is 1. The van der Waals surface area contributed by atoms with Gasteiger partial charge in [0.05, 0.1) is 16.8 Å². The molecule has 0 atom stereocenters. The van der Waals surface area contributed by atoms with Crippen LogP contribution in [-0.2, 0) is 17.9 Å². The van der Waals surface area contributed by atoms with E-state index in [9.17, 15) is 14.9 Å². The molecule has 0 aliphatic heterocycles. The molecule has 8 nitrogen and oxygen atoms in total. The molecule has 0 saturated heterocycles. The van der Waals surface area contributed by atoms with E-state index < -0.39 is 10.8 Å². The average Bonchev–Trinajstić information content (AvgIpc) is 2.84. The first-order valence-corrected chi connectivity index (χ1v) is 6.24. The summed E-state index contributed by atoms with van der Waals surface area (Å²) in [6.07, 6.45) is 3.21. The summed E-state index contributed by atoms with van der Waals surface area (Å²) >= 11 is 0. The maximum absolute atomic E-state index is 10.9. The Labute approximate surface area is 120 Å². The fourth-order valence-electron chi connectivity index (χ4n) is 1.87. The number of nitrogens with one attached hydrogen (secondary N) is 1. The summed E-state index contributed by atoms with van der Waals surface area (Å²) in [5.74, 6) is -0.473. The number of rotatable bonds is 6. The molecule has 2 aromatic rings. The van der Waals surface area contributed by atoms with Gasteiger partial charge >= 0.3 is 0 Å². The van der Waals surface area contributed by atoms with Gasteiger partial charge in [-0.3, -0.25) is 19.6 Å². The molecule has 0 radical (unpaired) electrons. The molecule has 0 aliphatic rings. The first-order chi connectivity index (χ1) is 9.95. The van der Waals surface area contributed by atoms with Crippen LogP contribution in [0.15, 0.2) is 30.6 Å². The number of aromatic nitrogens is 2. The Morgan fingerprint density at radius 3 is 2.95 bits per heavy atom. The Morgan fingerprint density at radius 1 is 1.52 bits per heavy atom. The van der Waals surface area contributed by atoms with Crippen molar-refractivity contribution in [3.63, 3.8) is 0 Å². The van der Waals surface area contributed by atoms with Crippen molar-refractivity contribution in [1.82, 2.24) is 9.78 Å². The maximum Gasteiger partial charge on any atom is 0.272 e. The lowest BCUT2D eigenvalue weighted by molar-refractivity contribution is -0.385. The van der Waals surface area contributed by atoms with E-state index in [4.69, 9.17) is 5.73 Å². The molecule has 1 aromatic heterocycles. The minimum absolute atomic E-state index is 0.0116. The Morgan fingerprint density at radius 2 is 2.29 bits per heavy atom. The standard InChI is InChI=1S/C13H15N5O3/c1-9-2-3-10(4-12(9)18(20)21)5-15-11-6-16-17(7-11)8-13(14)19/h2-4,6-7,15H,5,8H2,1H3,(H2,14,19). The van der Waals surface area contributed by atoms with Gasteiger partial charge < -0.3 is 11.1 Å². The van der Waals surface area contributed by atoms with Crippen LogP contribution in [0.1, 0.15) is 11.1 Å². The second-order valence-corrected chi connectivity index (χ2v) is 4.62. The van der Waals surface area contributed by atoms with Gasteiger partial charge in [-0.05, 0) is 12.5 Å². The molecule has 1 heterocycles. The molecule has 21 heavy (non-hydrogen) atoms. The number of nitro benzene ring substituents is 1. The molecular weight excluding hydrogens is 274 g/mol. The fraction of sp³-hybridized carbons (Fsp3) is 0.231. The number of aryl methyl sites for hydroxylation is 1. The van der Waals surface area contributed by atoms with Crippen LogP contribution in [0.25, 0.3) is 0 Å². The van der Waals surface area contributed by atoms with Gasteiger partial charge in [0, 0.05) is 24.4 Å². The normalized spacial score (nSPS) is 10.3. The number of hydrogen-bond acceptors (Lipinski definition) is 5. The van der Waals surface area contributed by atoms with Crippen molar-refractivity contribution in [2.45, 2.75) is 20.0 Å². The minimum atomic E-state index is -0.473. The number of nitro groups is 1. The van der Waals surface area contributed by atoms with Crippen molar-refractivity contribution in [2.24, 2.45) is 5.73 Å². The summed E-state index contributed by atoms with van der Waals surface area (Å²) in [4.78, 5) is 21.3. The third-order valence-electron chi connectivity index (χ3n) is 2.92. The predicted octanol–water partition coefficient (Wildman–Crippen LogP) is 1.20. The molecule has 110 valence electrons. The lowest BCUT2D eigenvalue weighted by Gasteiger charge is -2.05. The number of primary amides is 1. The minimum Gasteiger partial charge on any atom is -0.378 e. The first kappa shape index (κ1) is 14.5. The molecule has 2 rings (SSSR count). The summed E-state index contributed by atoms with van der Waals surface area (Å²) < 4.78 is 1.42. The van der Waals surface area contributed by atoms with Crippen LogP contribution in [0.3, 0.4) is 0 Å². The molecule has 0 aliphatic carbocycles. The Bertz CT molecular complexity index is 680. The number of carbonyl (C=O) groups is 1. The van der Waals surface area contributed by atoms with Crippen molar-refractivity contribution in [3.8, 4) is 0 Å². The van der Waals surface area contributed by atoms with Crippen LogP contribution in [0.5, 0.6) is 0 Å². The SMILES string of the molecule is Cc1ccc(CNc2cnn(CC(N)=O)c2)cc1[N+](=O)[O-]. The molecule has 0 bridgehead atoms. The van der Waals surface area contributed by atoms with Crippen LogP contribution in [-0.4, -0.2) is 20.6 Å². The molecule has 1 aromatic carbocycles. The first-order valence-electron chi connectivity index (χ1n) is 6.24. The summed E-state index contributed by atoms with van der Waals surface area (Å²) in [5.41, 5.74) is 7.29. The molecule has 1 amide bonds. The Hall–Kier alpha value is -2.90. The number of hydrogen-bond donors (Lipinski definition) is 2. The summed E-state index contributed by atoms with van der Waals surface area (Å²) in [5, 5.41) is 17.9. The molecule has 0 saturated carbocycles. The second kappa shape index (κ2) is 6.04. The molecule has 3 N–H and O–H groups in total. The van der Waals surface area contributed by atoms with Gasteiger partial charge in [-0.25, -0.2) is 0 Å². The van der Waals surface area contributed by atoms with E-state index in [-0.39, 0.29) is 12.2 Å². The van der Waals surface area contributed by atoms with Crippen molar-refractivity contribution in [2.75, 3.05) is 5.32 Å². The Balaban J connectivity index is 2.03. The number of benzene rings is 1. The molecule has 8 heteroatoms. The lowest BCUT2D eigenvalue weighted by Crippen LogP contribution is -2.18. The number of amides is 1. The zero-order valence-corrected chi connectivity index (χ0v) is 11.4. The van der Waals surface area contributed by atoms with Gasteiger partial charge in [0.15, 0.2) is 0 Å². The fourth-order valence-corrected chi connectivity index (χ4v) is 1.87. The van der Waals surface area contributed by atoms with E-state index in [1.807, 2.05) is 6.07 Å². The zero-order chi connectivity index (χ0) is 15.4. The van der Waals surface area contributed by atoms with Crippen LogP contribution >= 0.6 is 0 Å². The average molecular weight is 289 g/mol. The lowest BCUT2D eigenvalue weighted by atomic mass is 10.1. The summed E-state index contributed by atoms with van der Waals surface area (Å²) in [6, 6.07) is 5.07. The highest BCUT2D eigenvalue weighted by Gasteiger charge is 2.10. The number of nitrogens with zero attached hydrogens (tertiary/aromatic N) is 3. The van der Waals surface area contributed by atoms with E-state index >= 15 is 0 Å². The molecule has 0 fully saturated rings. The van der Waals surface area contributed by atoms with E-state index in [0.717, 1.165) is 5.56 Å². The molecule has 0 spiro atoms. The molecular formula is C13H15N5O3. The van der Waals surface area contributed by atoms with E-state index in [1.165, 1.54) is 10.7 Å². The second-order valence-electron chi connectivity index (χ2n) is 4.62. The van der Waals surface area contributed by atoms with Gasteiger partial charge in [-0.1, -0.05) is 12.1 Å². The highest BCUT2D eigenvalue weighted by atomic mass is 16.6. The van der Waals surface area contributed by atoms with Gasteiger partial charge in [-0.15, -0.1) is 0 Å². The van der Waals surface area contributed by atoms with E-state index in [2.05, 4.69) is 10.4 Å². The van der Waals surface area contributed by atoms with Gasteiger partial charge in [0.2, 0.25) is 5.91 Å². The summed E-state index contributed by atoms with van der Waals surface area (Å²) in [6.45, 7) is 2.13. The third-order valence-corrected chi connectivity index (χ3v) is 2.92. The van der Waals surface area contributed by atoms with Gasteiger partial charge in [0.25, 0.3) is 5.69 Å². The number of nitrogens with two attached hydrogens (primary N) is 1. The van der Waals surface area contributed by atoms with Crippen LogP contribution in [0, 0.1) is 17.0 Å². The van der Waals surface area contributed by atoms with Crippen LogP contribution in [0.2, 0.25) is 0 Å². The van der Waals surface area contributed by atoms with Crippen molar-refractivity contribution in [3.05, 3.63) is 51.8 Å². The monoisotopic (exact) mass is 289 g/mol. The van der Waals surface area contributed by atoms with Crippen molar-refractivity contribution >= 4 is 17.3 Å². The van der Waals surface area contributed by atoms with Crippen molar-refractivity contribution < 1.29 is 9.72 Å². The maximum atomic E-state index is 10.9. The predicted molar refractivity (Wildman–Crippen MR) is 76.6 cm³/mol. The van der Waals surface area contributed by atoms with Crippen LogP contribution in [0.4, 0.5) is 11.4 Å². The van der Waals surface area contributed by atoms with Crippen LogP contribution < -0.4 is 11.1 Å². The van der Waals surface area contributed by atoms with Gasteiger partial charge in [-0.2, -0.15) is 5.10 Å². The smallest absolute Gasteiger partial charge is 0.272 e.